The number of aryl methyl sites for hydroxylation is 1. The fraction of sp³-hybridized carbons (Fsp3) is 0.0769. The van der Waals surface area contributed by atoms with Crippen molar-refractivity contribution in [1.29, 1.82) is 0 Å². The standard InChI is InChI=1S/C13H10Cl2N6S/c1-7-5-10(18-17-7)12-19-20-13(22)21(12)16-6-8-3-2-4-9(14)11(8)15/h2-6H,1H3,(H,17,18)(H,20,22)/b16-6-. The first-order valence-corrected chi connectivity index (χ1v) is 7.41. The van der Waals surface area contributed by atoms with Gasteiger partial charge < -0.3 is 0 Å². The molecule has 0 fully saturated rings. The summed E-state index contributed by atoms with van der Waals surface area (Å²) in [5, 5.41) is 19.1. The van der Waals surface area contributed by atoms with Crippen molar-refractivity contribution in [2.75, 3.05) is 0 Å². The van der Waals surface area contributed by atoms with E-state index in [0.717, 1.165) is 5.69 Å². The minimum absolute atomic E-state index is 0.352. The van der Waals surface area contributed by atoms with E-state index in [9.17, 15) is 0 Å². The molecule has 22 heavy (non-hydrogen) atoms. The Morgan fingerprint density at radius 2 is 2.09 bits per heavy atom. The van der Waals surface area contributed by atoms with Crippen LogP contribution in [0.1, 0.15) is 11.3 Å². The molecule has 2 aromatic heterocycles. The first-order chi connectivity index (χ1) is 10.6. The normalized spacial score (nSPS) is 11.4. The molecule has 2 N–H and O–H groups in total. The molecule has 3 aromatic rings. The molecule has 0 aliphatic heterocycles. The van der Waals surface area contributed by atoms with Crippen LogP contribution in [0.3, 0.4) is 0 Å². The van der Waals surface area contributed by atoms with Gasteiger partial charge in [0, 0.05) is 11.3 Å². The fourth-order valence-corrected chi connectivity index (χ4v) is 2.37. The Labute approximate surface area is 140 Å². The molecule has 0 aliphatic carbocycles. The van der Waals surface area contributed by atoms with Crippen LogP contribution in [-0.2, 0) is 0 Å². The first kappa shape index (κ1) is 15.0. The van der Waals surface area contributed by atoms with Gasteiger partial charge in [0.1, 0.15) is 5.69 Å². The van der Waals surface area contributed by atoms with Gasteiger partial charge in [-0.3, -0.25) is 5.10 Å². The van der Waals surface area contributed by atoms with E-state index in [-0.39, 0.29) is 0 Å². The Morgan fingerprint density at radius 3 is 2.82 bits per heavy atom. The molecule has 0 bridgehead atoms. The lowest BCUT2D eigenvalue weighted by Crippen LogP contribution is -1.95. The zero-order valence-electron chi connectivity index (χ0n) is 11.3. The van der Waals surface area contributed by atoms with Crippen LogP contribution in [0.15, 0.2) is 29.4 Å². The highest BCUT2D eigenvalue weighted by Crippen LogP contribution is 2.24. The lowest BCUT2D eigenvalue weighted by Gasteiger charge is -2.00. The van der Waals surface area contributed by atoms with Crippen molar-refractivity contribution in [2.24, 2.45) is 5.10 Å². The highest BCUT2D eigenvalue weighted by Gasteiger charge is 2.11. The predicted molar refractivity (Wildman–Crippen MR) is 89.2 cm³/mol. The lowest BCUT2D eigenvalue weighted by molar-refractivity contribution is 0.865. The second kappa shape index (κ2) is 6.04. The molecule has 0 aliphatic rings. The summed E-state index contributed by atoms with van der Waals surface area (Å²) >= 11 is 17.3. The number of nitrogens with zero attached hydrogens (tertiary/aromatic N) is 4. The van der Waals surface area contributed by atoms with Gasteiger partial charge in [0.05, 0.1) is 16.3 Å². The van der Waals surface area contributed by atoms with E-state index in [4.69, 9.17) is 35.4 Å². The number of nitrogens with one attached hydrogen (secondary N) is 2. The van der Waals surface area contributed by atoms with E-state index in [0.29, 0.717) is 31.9 Å². The molecule has 0 unspecified atom stereocenters. The molecule has 3 rings (SSSR count). The summed E-state index contributed by atoms with van der Waals surface area (Å²) in [7, 11) is 0. The highest BCUT2D eigenvalue weighted by atomic mass is 35.5. The average molecular weight is 353 g/mol. The van der Waals surface area contributed by atoms with Gasteiger partial charge in [-0.15, -0.1) is 0 Å². The second-order valence-electron chi connectivity index (χ2n) is 4.49. The molecule has 0 radical (unpaired) electrons. The Balaban J connectivity index is 2.03. The molecule has 0 spiro atoms. The maximum Gasteiger partial charge on any atom is 0.216 e. The molecule has 0 saturated carbocycles. The summed E-state index contributed by atoms with van der Waals surface area (Å²) in [6.45, 7) is 1.90. The van der Waals surface area contributed by atoms with E-state index in [1.165, 1.54) is 4.68 Å². The molecule has 0 atom stereocenters. The van der Waals surface area contributed by atoms with Crippen LogP contribution in [0.2, 0.25) is 10.0 Å². The minimum atomic E-state index is 0.352. The highest BCUT2D eigenvalue weighted by molar-refractivity contribution is 7.71. The minimum Gasteiger partial charge on any atom is -0.282 e. The number of aromatic amines is 2. The van der Waals surface area contributed by atoms with Crippen molar-refractivity contribution >= 4 is 41.6 Å². The molecule has 1 aromatic carbocycles. The van der Waals surface area contributed by atoms with Crippen molar-refractivity contribution < 1.29 is 0 Å². The third kappa shape index (κ3) is 2.83. The summed E-state index contributed by atoms with van der Waals surface area (Å²) in [6.07, 6.45) is 1.57. The van der Waals surface area contributed by atoms with Gasteiger partial charge >= 0.3 is 0 Å². The van der Waals surface area contributed by atoms with Crippen molar-refractivity contribution in [3.63, 3.8) is 0 Å². The van der Waals surface area contributed by atoms with E-state index < -0.39 is 0 Å². The largest absolute Gasteiger partial charge is 0.282 e. The summed E-state index contributed by atoms with van der Waals surface area (Å²) in [5.41, 5.74) is 2.23. The molecule has 112 valence electrons. The smallest absolute Gasteiger partial charge is 0.216 e. The van der Waals surface area contributed by atoms with Crippen LogP contribution < -0.4 is 0 Å². The van der Waals surface area contributed by atoms with Crippen LogP contribution in [-0.4, -0.2) is 31.3 Å². The molecule has 6 nitrogen and oxygen atoms in total. The molecule has 2 heterocycles. The Bertz CT molecular complexity index is 907. The maximum absolute atomic E-state index is 6.13. The quantitative estimate of drug-likeness (QED) is 0.555. The van der Waals surface area contributed by atoms with Crippen LogP contribution in [0.5, 0.6) is 0 Å². The third-order valence-electron chi connectivity index (χ3n) is 2.88. The Hall–Kier alpha value is -1.96. The van der Waals surface area contributed by atoms with Crippen molar-refractivity contribution in [1.82, 2.24) is 25.1 Å². The van der Waals surface area contributed by atoms with Gasteiger partial charge in [-0.2, -0.15) is 20.0 Å². The number of hydrogen-bond acceptors (Lipinski definition) is 4. The SMILES string of the molecule is Cc1cc(-c2n[nH]c(=S)n2/N=C\c2cccc(Cl)c2Cl)n[nH]1. The van der Waals surface area contributed by atoms with Gasteiger partial charge in [0.2, 0.25) is 10.6 Å². The Morgan fingerprint density at radius 1 is 1.27 bits per heavy atom. The van der Waals surface area contributed by atoms with Crippen LogP contribution in [0.4, 0.5) is 0 Å². The van der Waals surface area contributed by atoms with Crippen molar-refractivity contribution in [3.8, 4) is 11.5 Å². The van der Waals surface area contributed by atoms with E-state index in [2.05, 4.69) is 25.5 Å². The number of rotatable bonds is 3. The van der Waals surface area contributed by atoms with E-state index in [1.807, 2.05) is 13.0 Å². The first-order valence-electron chi connectivity index (χ1n) is 6.24. The van der Waals surface area contributed by atoms with Crippen molar-refractivity contribution in [3.05, 3.63) is 50.3 Å². The number of benzene rings is 1. The predicted octanol–water partition coefficient (Wildman–Crippen LogP) is 3.83. The second-order valence-corrected chi connectivity index (χ2v) is 5.66. The molecule has 0 amide bonds. The summed E-state index contributed by atoms with van der Waals surface area (Å²) in [6, 6.07) is 7.16. The van der Waals surface area contributed by atoms with Gasteiger partial charge in [0.15, 0.2) is 0 Å². The van der Waals surface area contributed by atoms with E-state index >= 15 is 0 Å². The third-order valence-corrected chi connectivity index (χ3v) is 3.98. The van der Waals surface area contributed by atoms with Gasteiger partial charge in [0.25, 0.3) is 0 Å². The average Bonchev–Trinajstić information content (AvgIpc) is 3.07. The molecule has 9 heteroatoms. The monoisotopic (exact) mass is 352 g/mol. The summed E-state index contributed by atoms with van der Waals surface area (Å²) in [4.78, 5) is 0. The van der Waals surface area contributed by atoms with Crippen LogP contribution in [0, 0.1) is 11.7 Å². The van der Waals surface area contributed by atoms with Crippen LogP contribution in [0.25, 0.3) is 11.5 Å². The van der Waals surface area contributed by atoms with Gasteiger partial charge in [-0.05, 0) is 31.3 Å². The summed E-state index contributed by atoms with van der Waals surface area (Å²) in [5.74, 6) is 0.503. The number of halogens is 2. The van der Waals surface area contributed by atoms with Gasteiger partial charge in [-0.25, -0.2) is 5.10 Å². The van der Waals surface area contributed by atoms with E-state index in [1.54, 1.807) is 24.4 Å². The maximum atomic E-state index is 6.13. The number of aromatic nitrogens is 5. The summed E-state index contributed by atoms with van der Waals surface area (Å²) < 4.78 is 1.83. The van der Waals surface area contributed by atoms with Crippen LogP contribution >= 0.6 is 35.4 Å². The molecular weight excluding hydrogens is 343 g/mol. The number of hydrogen-bond donors (Lipinski definition) is 2. The fourth-order valence-electron chi connectivity index (χ4n) is 1.84. The Kier molecular flexibility index (Phi) is 4.10. The topological polar surface area (TPSA) is 74.7 Å². The number of H-pyrrole nitrogens is 2. The molecule has 0 saturated heterocycles. The molecular formula is C13H10Cl2N6S. The van der Waals surface area contributed by atoms with Gasteiger partial charge in [-0.1, -0.05) is 35.3 Å². The zero-order valence-corrected chi connectivity index (χ0v) is 13.7. The lowest BCUT2D eigenvalue weighted by atomic mass is 10.2. The van der Waals surface area contributed by atoms with Crippen molar-refractivity contribution in [2.45, 2.75) is 6.92 Å². The zero-order chi connectivity index (χ0) is 15.7.